The topological polar surface area (TPSA) is 71.0 Å². The zero-order valence-electron chi connectivity index (χ0n) is 19.0. The summed E-state index contributed by atoms with van der Waals surface area (Å²) in [7, 11) is 3.38. The van der Waals surface area contributed by atoms with Gasteiger partial charge in [-0.2, -0.15) is 0 Å². The van der Waals surface area contributed by atoms with E-state index in [1.54, 1.807) is 26.6 Å². The van der Waals surface area contributed by atoms with Crippen molar-refractivity contribution in [2.24, 2.45) is 4.99 Å². The lowest BCUT2D eigenvalue weighted by Crippen LogP contribution is -2.55. The molecule has 2 aromatic carbocycles. The number of benzene rings is 2. The molecule has 0 aliphatic carbocycles. The van der Waals surface area contributed by atoms with Crippen LogP contribution in [0.4, 0.5) is 5.69 Å². The third kappa shape index (κ3) is 4.15. The Kier molecular flexibility index (Phi) is 5.48. The molecule has 0 saturated carbocycles. The smallest absolute Gasteiger partial charge is 0.185 e. The number of hydrogen-bond donors (Lipinski definition) is 2. The summed E-state index contributed by atoms with van der Waals surface area (Å²) >= 11 is 0. The molecule has 7 heteroatoms. The molecule has 2 aliphatic rings. The van der Waals surface area contributed by atoms with Crippen LogP contribution in [0, 0.1) is 0 Å². The van der Waals surface area contributed by atoms with Crippen LogP contribution in [0.5, 0.6) is 11.5 Å². The lowest BCUT2D eigenvalue weighted by molar-refractivity contribution is 0.0848. The molecule has 5 rings (SSSR count). The van der Waals surface area contributed by atoms with Crippen LogP contribution in [0.15, 0.2) is 77.8 Å². The van der Waals surface area contributed by atoms with E-state index in [1.807, 2.05) is 42.6 Å². The third-order valence-electron chi connectivity index (χ3n) is 6.17. The molecule has 0 bridgehead atoms. The number of pyridine rings is 1. The SMILES string of the molecule is COc1ccc2c(c1)CN(C1(C)N=CC=C(Nc3ccc(-c4ccncc4)cc3OC)N1)C2. The van der Waals surface area contributed by atoms with E-state index in [-0.39, 0.29) is 0 Å². The fraction of sp³-hybridized carbons (Fsp3) is 0.231. The normalized spacial score (nSPS) is 19.4. The van der Waals surface area contributed by atoms with Crippen LogP contribution < -0.4 is 20.1 Å². The van der Waals surface area contributed by atoms with Gasteiger partial charge in [0.25, 0.3) is 0 Å². The van der Waals surface area contributed by atoms with Gasteiger partial charge in [0.2, 0.25) is 0 Å². The summed E-state index contributed by atoms with van der Waals surface area (Å²) in [4.78, 5) is 11.2. The van der Waals surface area contributed by atoms with Gasteiger partial charge in [0.1, 0.15) is 17.3 Å². The van der Waals surface area contributed by atoms with Gasteiger partial charge >= 0.3 is 0 Å². The Morgan fingerprint density at radius 2 is 1.76 bits per heavy atom. The predicted octanol–water partition coefficient (Wildman–Crippen LogP) is 4.38. The second kappa shape index (κ2) is 8.60. The number of fused-ring (bicyclic) bond motifs is 1. The van der Waals surface area contributed by atoms with Crippen molar-refractivity contribution < 1.29 is 9.47 Å². The van der Waals surface area contributed by atoms with Crippen molar-refractivity contribution in [3.05, 3.63) is 83.9 Å². The Labute approximate surface area is 193 Å². The molecule has 3 heterocycles. The quantitative estimate of drug-likeness (QED) is 0.592. The van der Waals surface area contributed by atoms with Gasteiger partial charge in [0, 0.05) is 31.7 Å². The van der Waals surface area contributed by atoms with Crippen molar-refractivity contribution >= 4 is 11.9 Å². The average molecular weight is 442 g/mol. The molecule has 1 aromatic heterocycles. The molecule has 1 unspecified atom stereocenters. The molecule has 1 atom stereocenters. The van der Waals surface area contributed by atoms with E-state index in [4.69, 9.17) is 14.5 Å². The van der Waals surface area contributed by atoms with Crippen LogP contribution >= 0.6 is 0 Å². The van der Waals surface area contributed by atoms with Gasteiger partial charge in [0.05, 0.1) is 19.9 Å². The molecule has 0 spiro atoms. The van der Waals surface area contributed by atoms with Crippen LogP contribution in [-0.2, 0) is 13.1 Å². The highest BCUT2D eigenvalue weighted by molar-refractivity contribution is 5.77. The Morgan fingerprint density at radius 1 is 0.939 bits per heavy atom. The van der Waals surface area contributed by atoms with Crippen LogP contribution in [0.3, 0.4) is 0 Å². The van der Waals surface area contributed by atoms with Crippen molar-refractivity contribution in [1.29, 1.82) is 0 Å². The maximum Gasteiger partial charge on any atom is 0.185 e. The van der Waals surface area contributed by atoms with Gasteiger partial charge in [-0.05, 0) is 71.7 Å². The van der Waals surface area contributed by atoms with Gasteiger partial charge in [-0.3, -0.25) is 14.9 Å². The van der Waals surface area contributed by atoms with Crippen molar-refractivity contribution in [3.63, 3.8) is 0 Å². The average Bonchev–Trinajstić information content (AvgIpc) is 3.29. The minimum absolute atomic E-state index is 0.576. The van der Waals surface area contributed by atoms with Gasteiger partial charge in [0.15, 0.2) is 5.79 Å². The zero-order valence-corrected chi connectivity index (χ0v) is 19.0. The summed E-state index contributed by atoms with van der Waals surface area (Å²) < 4.78 is 11.1. The molecule has 168 valence electrons. The third-order valence-corrected chi connectivity index (χ3v) is 6.17. The molecule has 3 aromatic rings. The highest BCUT2D eigenvalue weighted by Gasteiger charge is 2.37. The number of nitrogens with one attached hydrogen (secondary N) is 2. The number of ether oxygens (including phenoxy) is 2. The number of nitrogens with zero attached hydrogens (tertiary/aromatic N) is 3. The molecule has 0 fully saturated rings. The van der Waals surface area contributed by atoms with E-state index in [1.165, 1.54) is 11.1 Å². The Morgan fingerprint density at radius 3 is 2.55 bits per heavy atom. The number of methoxy groups -OCH3 is 2. The second-order valence-electron chi connectivity index (χ2n) is 8.27. The van der Waals surface area contributed by atoms with E-state index < -0.39 is 5.79 Å². The summed E-state index contributed by atoms with van der Waals surface area (Å²) in [5.41, 5.74) is 5.61. The summed E-state index contributed by atoms with van der Waals surface area (Å²) in [6.45, 7) is 3.70. The molecule has 0 radical (unpaired) electrons. The molecule has 0 saturated heterocycles. The fourth-order valence-corrected chi connectivity index (χ4v) is 4.29. The summed E-state index contributed by atoms with van der Waals surface area (Å²) in [5.74, 6) is 1.92. The number of allylic oxidation sites excluding steroid dienone is 1. The lowest BCUT2D eigenvalue weighted by atomic mass is 10.1. The van der Waals surface area contributed by atoms with E-state index in [9.17, 15) is 0 Å². The number of hydrogen-bond acceptors (Lipinski definition) is 7. The largest absolute Gasteiger partial charge is 0.497 e. The Balaban J connectivity index is 1.32. The first-order chi connectivity index (χ1) is 16.1. The van der Waals surface area contributed by atoms with Crippen LogP contribution in [0.1, 0.15) is 18.1 Å². The minimum Gasteiger partial charge on any atom is -0.497 e. The first kappa shape index (κ1) is 21.0. The maximum atomic E-state index is 5.68. The standard InChI is InChI=1S/C26H27N5O2/c1-26(31-16-20-4-6-22(32-2)14-21(20)17-31)28-13-10-25(30-26)29-23-7-5-19(15-24(23)33-3)18-8-11-27-12-9-18/h4-15,29-30H,16-17H2,1-3H3. The van der Waals surface area contributed by atoms with Crippen LogP contribution in [-0.4, -0.2) is 36.1 Å². The first-order valence-electron chi connectivity index (χ1n) is 10.9. The maximum absolute atomic E-state index is 5.68. The van der Waals surface area contributed by atoms with Crippen molar-refractivity contribution in [2.45, 2.75) is 25.8 Å². The van der Waals surface area contributed by atoms with Gasteiger partial charge < -0.3 is 20.1 Å². The fourth-order valence-electron chi connectivity index (χ4n) is 4.29. The van der Waals surface area contributed by atoms with Crippen LogP contribution in [0.2, 0.25) is 0 Å². The monoisotopic (exact) mass is 441 g/mol. The highest BCUT2D eigenvalue weighted by Crippen LogP contribution is 2.34. The van der Waals surface area contributed by atoms with Gasteiger partial charge in [-0.15, -0.1) is 0 Å². The van der Waals surface area contributed by atoms with E-state index in [2.05, 4.69) is 45.6 Å². The number of aliphatic imine (C=N–C) groups is 1. The highest BCUT2D eigenvalue weighted by atomic mass is 16.5. The molecule has 0 amide bonds. The number of rotatable bonds is 6. The van der Waals surface area contributed by atoms with Crippen molar-refractivity contribution in [1.82, 2.24) is 15.2 Å². The molecule has 33 heavy (non-hydrogen) atoms. The van der Waals surface area contributed by atoms with Crippen molar-refractivity contribution in [3.8, 4) is 22.6 Å². The van der Waals surface area contributed by atoms with Crippen molar-refractivity contribution in [2.75, 3.05) is 19.5 Å². The molecule has 2 N–H and O–H groups in total. The van der Waals surface area contributed by atoms with E-state index in [0.29, 0.717) is 0 Å². The molecule has 7 nitrogen and oxygen atoms in total. The van der Waals surface area contributed by atoms with Gasteiger partial charge in [-0.1, -0.05) is 12.1 Å². The first-order valence-corrected chi connectivity index (χ1v) is 10.9. The molecule has 2 aliphatic heterocycles. The van der Waals surface area contributed by atoms with E-state index in [0.717, 1.165) is 47.2 Å². The molecular weight excluding hydrogens is 414 g/mol. The summed E-state index contributed by atoms with van der Waals surface area (Å²) in [6, 6.07) is 16.3. The second-order valence-corrected chi connectivity index (χ2v) is 8.27. The Hall–Kier alpha value is -3.84. The molecular formula is C26H27N5O2. The summed E-state index contributed by atoms with van der Waals surface area (Å²) in [6.07, 6.45) is 7.36. The van der Waals surface area contributed by atoms with E-state index >= 15 is 0 Å². The predicted molar refractivity (Wildman–Crippen MR) is 130 cm³/mol. The lowest BCUT2D eigenvalue weighted by Gasteiger charge is -2.39. The number of anilines is 1. The minimum atomic E-state index is -0.576. The zero-order chi connectivity index (χ0) is 22.8. The number of aromatic nitrogens is 1. The Bertz CT molecular complexity index is 1220. The van der Waals surface area contributed by atoms with Gasteiger partial charge in [-0.25, -0.2) is 0 Å². The van der Waals surface area contributed by atoms with Crippen LogP contribution in [0.25, 0.3) is 11.1 Å². The summed E-state index contributed by atoms with van der Waals surface area (Å²) in [5, 5.41) is 7.04.